The molecule has 2 heterocycles. The molecule has 1 aliphatic carbocycles. The molecule has 12 aromatic rings. The highest BCUT2D eigenvalue weighted by Crippen LogP contribution is 2.60. The van der Waals surface area contributed by atoms with E-state index >= 15 is 0 Å². The van der Waals surface area contributed by atoms with E-state index in [1.807, 2.05) is 36.4 Å². The van der Waals surface area contributed by atoms with Crippen molar-refractivity contribution in [3.8, 4) is 33.4 Å². The number of para-hydroxylation sites is 3. The number of anilines is 3. The molecule has 1 atom stereocenters. The van der Waals surface area contributed by atoms with Gasteiger partial charge in [0.05, 0.1) is 11.1 Å². The van der Waals surface area contributed by atoms with Crippen molar-refractivity contribution in [3.05, 3.63) is 294 Å². The summed E-state index contributed by atoms with van der Waals surface area (Å²) >= 11 is 0. The molecule has 3 nitrogen and oxygen atoms in total. The highest BCUT2D eigenvalue weighted by molar-refractivity contribution is 6.09. The molecule has 0 saturated heterocycles. The molecule has 0 saturated carbocycles. The molecule has 0 spiro atoms. The van der Waals surface area contributed by atoms with Crippen molar-refractivity contribution in [2.75, 3.05) is 4.90 Å². The maximum Gasteiger partial charge on any atom is 0.143 e. The minimum atomic E-state index is -0.620. The summed E-state index contributed by atoms with van der Waals surface area (Å²) in [6, 6.07) is 87.1. The van der Waals surface area contributed by atoms with E-state index in [1.165, 1.54) is 44.5 Å². The van der Waals surface area contributed by atoms with Gasteiger partial charge in [0.2, 0.25) is 0 Å². The Kier molecular flexibility index (Phi) is 9.71. The van der Waals surface area contributed by atoms with Crippen molar-refractivity contribution in [3.63, 3.8) is 0 Å². The summed E-state index contributed by atoms with van der Waals surface area (Å²) in [5.41, 5.74) is 19.5. The predicted octanol–water partition coefficient (Wildman–Crippen LogP) is 16.3. The smallest absolute Gasteiger partial charge is 0.143 e. The first-order valence-electron chi connectivity index (χ1n) is 23.8. The van der Waals surface area contributed by atoms with E-state index in [9.17, 15) is 0 Å². The second-order valence-electron chi connectivity index (χ2n) is 18.0. The fraction of sp³-hybridized carbons (Fsp3) is 0.0149. The maximum absolute atomic E-state index is 6.53. The average molecular weight is 896 g/mol. The normalized spacial score (nSPS) is 14.4. The lowest BCUT2D eigenvalue weighted by molar-refractivity contribution is 0.573. The number of hydrogen-bond acceptors (Lipinski definition) is 3. The van der Waals surface area contributed by atoms with Gasteiger partial charge in [-0.1, -0.05) is 213 Å². The lowest BCUT2D eigenvalue weighted by Gasteiger charge is -2.35. The molecule has 0 amide bonds. The minimum absolute atomic E-state index is 0.620. The van der Waals surface area contributed by atoms with Gasteiger partial charge in [-0.25, -0.2) is 0 Å². The number of furan rings is 2. The zero-order valence-electron chi connectivity index (χ0n) is 38.3. The third-order valence-corrected chi connectivity index (χ3v) is 14.3. The van der Waals surface area contributed by atoms with Crippen molar-refractivity contribution >= 4 is 62.1 Å². The van der Waals surface area contributed by atoms with Crippen LogP contribution in [-0.4, -0.2) is 0 Å². The molecule has 13 rings (SSSR count). The van der Waals surface area contributed by atoms with Gasteiger partial charge >= 0.3 is 0 Å². The lowest BCUT2D eigenvalue weighted by Crippen LogP contribution is -2.28. The Bertz CT molecular complexity index is 4090. The van der Waals surface area contributed by atoms with E-state index in [-0.39, 0.29) is 0 Å². The van der Waals surface area contributed by atoms with E-state index in [1.54, 1.807) is 0 Å². The zero-order valence-corrected chi connectivity index (χ0v) is 38.3. The van der Waals surface area contributed by atoms with Crippen molar-refractivity contribution in [1.29, 1.82) is 0 Å². The van der Waals surface area contributed by atoms with E-state index < -0.39 is 5.41 Å². The molecule has 70 heavy (non-hydrogen) atoms. The largest absolute Gasteiger partial charge is 0.455 e. The van der Waals surface area contributed by atoms with Gasteiger partial charge in [0.25, 0.3) is 0 Å². The van der Waals surface area contributed by atoms with Crippen LogP contribution in [-0.2, 0) is 5.41 Å². The second kappa shape index (κ2) is 16.6. The van der Waals surface area contributed by atoms with Crippen molar-refractivity contribution in [1.82, 2.24) is 0 Å². The monoisotopic (exact) mass is 895 g/mol. The van der Waals surface area contributed by atoms with Crippen LogP contribution in [0.4, 0.5) is 17.1 Å². The Hall–Kier alpha value is -9.18. The molecular weight excluding hydrogens is 851 g/mol. The van der Waals surface area contributed by atoms with E-state index in [0.29, 0.717) is 0 Å². The number of rotatable bonds is 9. The molecule has 0 bridgehead atoms. The summed E-state index contributed by atoms with van der Waals surface area (Å²) in [5.74, 6) is 0. The molecule has 2 aromatic heterocycles. The third kappa shape index (κ3) is 6.36. The molecule has 3 heteroatoms. The van der Waals surface area contributed by atoms with Crippen molar-refractivity contribution in [2.24, 2.45) is 0 Å². The Morgan fingerprint density at radius 1 is 0.443 bits per heavy atom. The fourth-order valence-electron chi connectivity index (χ4n) is 11.2. The summed E-state index contributed by atoms with van der Waals surface area (Å²) in [7, 11) is 0. The third-order valence-electron chi connectivity index (χ3n) is 14.3. The van der Waals surface area contributed by atoms with Crippen LogP contribution in [0.25, 0.3) is 78.4 Å². The Morgan fingerprint density at radius 3 is 1.77 bits per heavy atom. The molecule has 1 aliphatic rings. The van der Waals surface area contributed by atoms with Crippen molar-refractivity contribution < 1.29 is 8.83 Å². The van der Waals surface area contributed by atoms with Crippen LogP contribution in [0.1, 0.15) is 27.8 Å². The summed E-state index contributed by atoms with van der Waals surface area (Å²) < 4.78 is 13.0. The number of hydrogen-bond donors (Lipinski definition) is 0. The summed E-state index contributed by atoms with van der Waals surface area (Å²) in [6.45, 7) is 8.68. The van der Waals surface area contributed by atoms with Gasteiger partial charge in [-0.15, -0.1) is 0 Å². The van der Waals surface area contributed by atoms with Gasteiger partial charge in [0.1, 0.15) is 22.2 Å². The summed E-state index contributed by atoms with van der Waals surface area (Å²) in [4.78, 5) is 2.41. The van der Waals surface area contributed by atoms with E-state index in [0.717, 1.165) is 82.9 Å². The molecule has 1 unspecified atom stereocenters. The lowest BCUT2D eigenvalue weighted by atomic mass is 9.67. The first-order chi connectivity index (χ1) is 34.6. The van der Waals surface area contributed by atoms with Crippen LogP contribution >= 0.6 is 0 Å². The standard InChI is InChI=1S/C67H45NO2/c1-3-53(65-44(2)54-25-11-14-33-62(54)69-65)46-35-39-51(40-36-46)68(52-41-37-47(38-42-52)55-28-17-29-57-56-26-12-15-34-63(56)70-66(55)57)61-32-18-31-60-64(61)58-27-10-13-30-59(58)67(60,49-22-8-5-9-23-49)50-24-16-21-48(43-50)45-19-6-4-7-20-45/h3-43H,1-2H2/b65-53-. The fourth-order valence-corrected chi connectivity index (χ4v) is 11.2. The van der Waals surface area contributed by atoms with Crippen molar-refractivity contribution in [2.45, 2.75) is 5.41 Å². The van der Waals surface area contributed by atoms with Crippen LogP contribution in [0, 0.1) is 0 Å². The van der Waals surface area contributed by atoms with E-state index in [2.05, 4.69) is 230 Å². The van der Waals surface area contributed by atoms with Crippen LogP contribution < -0.4 is 15.5 Å². The van der Waals surface area contributed by atoms with Crippen LogP contribution in [0.2, 0.25) is 0 Å². The highest BCUT2D eigenvalue weighted by Gasteiger charge is 2.47. The van der Waals surface area contributed by atoms with E-state index in [4.69, 9.17) is 8.83 Å². The maximum atomic E-state index is 6.53. The van der Waals surface area contributed by atoms with Gasteiger partial charge in [0.15, 0.2) is 0 Å². The van der Waals surface area contributed by atoms with Gasteiger partial charge in [-0.2, -0.15) is 0 Å². The highest BCUT2D eigenvalue weighted by atomic mass is 16.3. The first kappa shape index (κ1) is 41.0. The zero-order chi connectivity index (χ0) is 46.8. The van der Waals surface area contributed by atoms with Gasteiger partial charge in [-0.05, 0) is 98.6 Å². The second-order valence-corrected chi connectivity index (χ2v) is 18.0. The molecule has 0 N–H and O–H groups in total. The number of benzene rings is 10. The minimum Gasteiger partial charge on any atom is -0.455 e. The Balaban J connectivity index is 1.03. The molecule has 0 aliphatic heterocycles. The molecular formula is C67H45NO2. The summed E-state index contributed by atoms with van der Waals surface area (Å²) in [6.07, 6.45) is 1.87. The van der Waals surface area contributed by atoms with Crippen LogP contribution in [0.15, 0.2) is 264 Å². The SMILES string of the molecule is C=C/C(c1ccc(N(c2ccc(-c3cccc4c3oc3ccccc34)cc2)c2cccc3c2-c2ccccc2C3(c2ccccc2)c2cccc(-c3ccccc3)c2)cc1)=c1/oc2ccccc2c1=C. The Morgan fingerprint density at radius 2 is 1.01 bits per heavy atom. The quantitative estimate of drug-likeness (QED) is 0.145. The van der Waals surface area contributed by atoms with Gasteiger partial charge in [0, 0.05) is 49.5 Å². The molecule has 330 valence electrons. The predicted molar refractivity (Wildman–Crippen MR) is 290 cm³/mol. The van der Waals surface area contributed by atoms with Crippen LogP contribution in [0.5, 0.6) is 0 Å². The number of allylic oxidation sites excluding steroid dienone is 1. The molecule has 0 radical (unpaired) electrons. The van der Waals surface area contributed by atoms with Crippen LogP contribution in [0.3, 0.4) is 0 Å². The van der Waals surface area contributed by atoms with Gasteiger partial charge < -0.3 is 13.7 Å². The summed E-state index contributed by atoms with van der Waals surface area (Å²) in [5, 5.41) is 4.07. The molecule has 0 fully saturated rings. The Labute approximate surface area is 406 Å². The number of nitrogens with zero attached hydrogens (tertiary/aromatic N) is 1. The molecule has 10 aromatic carbocycles. The van der Waals surface area contributed by atoms with Gasteiger partial charge in [-0.3, -0.25) is 0 Å². The first-order valence-corrected chi connectivity index (χ1v) is 23.8. The topological polar surface area (TPSA) is 29.5 Å². The average Bonchev–Trinajstić information content (AvgIpc) is 4.08. The number of fused-ring (bicyclic) bond motifs is 7.